The molecule has 0 aliphatic rings. The van der Waals surface area contributed by atoms with E-state index >= 15 is 0 Å². The van der Waals surface area contributed by atoms with Gasteiger partial charge >= 0.3 is 0 Å². The molecule has 0 fully saturated rings. The van der Waals surface area contributed by atoms with Crippen LogP contribution in [0.25, 0.3) is 0 Å². The van der Waals surface area contributed by atoms with E-state index in [0.717, 1.165) is 6.42 Å². The van der Waals surface area contributed by atoms with Gasteiger partial charge in [0, 0.05) is 20.1 Å². The van der Waals surface area contributed by atoms with Gasteiger partial charge in [-0.05, 0) is 19.3 Å². The topological polar surface area (TPSA) is 58.1 Å². The molecule has 1 unspecified atom stereocenters. The van der Waals surface area contributed by atoms with E-state index in [0.29, 0.717) is 17.4 Å². The molecule has 1 aromatic rings. The molecular weight excluding hydrogens is 228 g/mol. The quantitative estimate of drug-likeness (QED) is 0.868. The number of rotatable bonds is 5. The van der Waals surface area contributed by atoms with E-state index in [4.69, 9.17) is 0 Å². The standard InChI is InChI=1S/C13H22N4O/c1-9(2)6-10(3)17(5)13(18)11-7-15-8-12(14-4)16-11/h7-10H,6H2,1-5H3,(H,14,16). The smallest absolute Gasteiger partial charge is 0.274 e. The van der Waals surface area contributed by atoms with Gasteiger partial charge in [-0.1, -0.05) is 13.8 Å². The molecule has 1 aromatic heterocycles. The number of hydrogen-bond donors (Lipinski definition) is 1. The van der Waals surface area contributed by atoms with Crippen LogP contribution in [0.2, 0.25) is 0 Å². The van der Waals surface area contributed by atoms with Crippen LogP contribution in [0.15, 0.2) is 12.4 Å². The van der Waals surface area contributed by atoms with E-state index in [1.54, 1.807) is 18.1 Å². The van der Waals surface area contributed by atoms with Gasteiger partial charge in [-0.3, -0.25) is 9.78 Å². The number of hydrogen-bond acceptors (Lipinski definition) is 4. The highest BCUT2D eigenvalue weighted by Crippen LogP contribution is 2.12. The Kier molecular flexibility index (Phi) is 5.07. The fourth-order valence-corrected chi connectivity index (χ4v) is 1.81. The van der Waals surface area contributed by atoms with E-state index in [2.05, 4.69) is 29.1 Å². The summed E-state index contributed by atoms with van der Waals surface area (Å²) in [5, 5.41) is 2.88. The van der Waals surface area contributed by atoms with Gasteiger partial charge in [0.25, 0.3) is 5.91 Å². The molecular formula is C13H22N4O. The zero-order valence-corrected chi connectivity index (χ0v) is 11.8. The summed E-state index contributed by atoms with van der Waals surface area (Å²) in [5.74, 6) is 1.07. The Morgan fingerprint density at radius 2 is 2.06 bits per heavy atom. The largest absolute Gasteiger partial charge is 0.372 e. The minimum absolute atomic E-state index is 0.0900. The molecule has 0 aliphatic carbocycles. The second kappa shape index (κ2) is 6.33. The first-order valence-electron chi connectivity index (χ1n) is 6.22. The second-order valence-corrected chi connectivity index (χ2v) is 4.93. The first-order chi connectivity index (χ1) is 8.45. The van der Waals surface area contributed by atoms with Crippen LogP contribution in [0.1, 0.15) is 37.7 Å². The normalized spacial score (nSPS) is 12.3. The summed E-state index contributed by atoms with van der Waals surface area (Å²) in [6.45, 7) is 6.35. The predicted octanol–water partition coefficient (Wildman–Crippen LogP) is 2.02. The van der Waals surface area contributed by atoms with Crippen molar-refractivity contribution in [2.75, 3.05) is 19.4 Å². The van der Waals surface area contributed by atoms with Gasteiger partial charge in [-0.2, -0.15) is 0 Å². The Hall–Kier alpha value is -1.65. The highest BCUT2D eigenvalue weighted by atomic mass is 16.2. The summed E-state index contributed by atoms with van der Waals surface area (Å²) in [4.78, 5) is 22.2. The van der Waals surface area contributed by atoms with E-state index < -0.39 is 0 Å². The molecule has 1 heterocycles. The number of amides is 1. The lowest BCUT2D eigenvalue weighted by molar-refractivity contribution is 0.0722. The summed E-state index contributed by atoms with van der Waals surface area (Å²) < 4.78 is 0. The number of carbonyl (C=O) groups is 1. The Morgan fingerprint density at radius 1 is 1.39 bits per heavy atom. The first-order valence-corrected chi connectivity index (χ1v) is 6.22. The highest BCUT2D eigenvalue weighted by molar-refractivity contribution is 5.92. The van der Waals surface area contributed by atoms with Crippen LogP contribution >= 0.6 is 0 Å². The number of anilines is 1. The van der Waals surface area contributed by atoms with Crippen LogP contribution in [0.3, 0.4) is 0 Å². The third kappa shape index (κ3) is 3.68. The number of nitrogens with one attached hydrogen (secondary N) is 1. The molecule has 0 radical (unpaired) electrons. The second-order valence-electron chi connectivity index (χ2n) is 4.93. The minimum atomic E-state index is -0.0900. The van der Waals surface area contributed by atoms with Crippen molar-refractivity contribution in [3.8, 4) is 0 Å². The summed E-state index contributed by atoms with van der Waals surface area (Å²) in [7, 11) is 3.56. The first kappa shape index (κ1) is 14.4. The zero-order chi connectivity index (χ0) is 13.7. The summed E-state index contributed by atoms with van der Waals surface area (Å²) in [6.07, 6.45) is 4.07. The third-order valence-electron chi connectivity index (χ3n) is 2.90. The average Bonchev–Trinajstić information content (AvgIpc) is 2.36. The maximum atomic E-state index is 12.2. The molecule has 1 N–H and O–H groups in total. The van der Waals surface area contributed by atoms with E-state index in [1.165, 1.54) is 6.20 Å². The fraction of sp³-hybridized carbons (Fsp3) is 0.615. The molecule has 5 heteroatoms. The van der Waals surface area contributed by atoms with Crippen molar-refractivity contribution >= 4 is 11.7 Å². The predicted molar refractivity (Wildman–Crippen MR) is 72.6 cm³/mol. The maximum Gasteiger partial charge on any atom is 0.274 e. The monoisotopic (exact) mass is 250 g/mol. The fourth-order valence-electron chi connectivity index (χ4n) is 1.81. The number of aromatic nitrogens is 2. The lowest BCUT2D eigenvalue weighted by Gasteiger charge is -2.26. The lowest BCUT2D eigenvalue weighted by Crippen LogP contribution is -2.36. The highest BCUT2D eigenvalue weighted by Gasteiger charge is 2.19. The van der Waals surface area contributed by atoms with Crippen LogP contribution in [0, 0.1) is 5.92 Å². The van der Waals surface area contributed by atoms with Gasteiger partial charge in [-0.15, -0.1) is 0 Å². The van der Waals surface area contributed by atoms with Crippen molar-refractivity contribution in [2.24, 2.45) is 5.92 Å². The van der Waals surface area contributed by atoms with Crippen molar-refractivity contribution in [1.29, 1.82) is 0 Å². The van der Waals surface area contributed by atoms with E-state index in [9.17, 15) is 4.79 Å². The average molecular weight is 250 g/mol. The molecule has 0 spiro atoms. The van der Waals surface area contributed by atoms with Crippen molar-refractivity contribution < 1.29 is 4.79 Å². The Morgan fingerprint density at radius 3 is 2.61 bits per heavy atom. The van der Waals surface area contributed by atoms with Gasteiger partial charge in [0.1, 0.15) is 11.5 Å². The van der Waals surface area contributed by atoms with Crippen molar-refractivity contribution in [1.82, 2.24) is 14.9 Å². The summed E-state index contributed by atoms with van der Waals surface area (Å²) in [6, 6.07) is 0.192. The van der Waals surface area contributed by atoms with Crippen molar-refractivity contribution in [3.63, 3.8) is 0 Å². The summed E-state index contributed by atoms with van der Waals surface area (Å²) in [5.41, 5.74) is 0.375. The van der Waals surface area contributed by atoms with Crippen LogP contribution in [0.4, 0.5) is 5.82 Å². The zero-order valence-electron chi connectivity index (χ0n) is 11.8. The minimum Gasteiger partial charge on any atom is -0.372 e. The Labute approximate surface area is 109 Å². The number of carbonyl (C=O) groups excluding carboxylic acids is 1. The van der Waals surface area contributed by atoms with Crippen LogP contribution in [-0.2, 0) is 0 Å². The SMILES string of the molecule is CNc1cncc(C(=O)N(C)C(C)CC(C)C)n1. The lowest BCUT2D eigenvalue weighted by atomic mass is 10.0. The molecule has 0 aromatic carbocycles. The molecule has 1 atom stereocenters. The third-order valence-corrected chi connectivity index (χ3v) is 2.90. The van der Waals surface area contributed by atoms with E-state index in [-0.39, 0.29) is 11.9 Å². The van der Waals surface area contributed by atoms with Crippen molar-refractivity contribution in [2.45, 2.75) is 33.2 Å². The maximum absolute atomic E-state index is 12.2. The molecule has 0 saturated carbocycles. The molecule has 0 aliphatic heterocycles. The molecule has 0 bridgehead atoms. The molecule has 0 saturated heterocycles. The molecule has 18 heavy (non-hydrogen) atoms. The van der Waals surface area contributed by atoms with Gasteiger partial charge in [0.2, 0.25) is 0 Å². The summed E-state index contributed by atoms with van der Waals surface area (Å²) >= 11 is 0. The molecule has 1 rings (SSSR count). The Balaban J connectivity index is 2.79. The van der Waals surface area contributed by atoms with Gasteiger partial charge in [0.15, 0.2) is 0 Å². The van der Waals surface area contributed by atoms with Crippen LogP contribution in [-0.4, -0.2) is 40.9 Å². The Bertz CT molecular complexity index is 406. The molecule has 5 nitrogen and oxygen atoms in total. The van der Waals surface area contributed by atoms with Gasteiger partial charge in [-0.25, -0.2) is 4.98 Å². The molecule has 1 amide bonds. The van der Waals surface area contributed by atoms with Crippen LogP contribution in [0.5, 0.6) is 0 Å². The van der Waals surface area contributed by atoms with Crippen molar-refractivity contribution in [3.05, 3.63) is 18.1 Å². The van der Waals surface area contributed by atoms with E-state index in [1.807, 2.05) is 14.0 Å². The molecule has 100 valence electrons. The van der Waals surface area contributed by atoms with Gasteiger partial charge in [0.05, 0.1) is 12.4 Å². The van der Waals surface area contributed by atoms with Crippen LogP contribution < -0.4 is 5.32 Å². The number of nitrogens with zero attached hydrogens (tertiary/aromatic N) is 3. The van der Waals surface area contributed by atoms with Gasteiger partial charge < -0.3 is 10.2 Å².